The van der Waals surface area contributed by atoms with E-state index in [-0.39, 0.29) is 0 Å². The van der Waals surface area contributed by atoms with Gasteiger partial charge in [-0.05, 0) is 0 Å². The minimum atomic E-state index is -2.03. The van der Waals surface area contributed by atoms with Crippen molar-refractivity contribution >= 4 is 0 Å². The van der Waals surface area contributed by atoms with Gasteiger partial charge in [0, 0.05) is 0 Å². The molecule has 21 nitrogen and oxygen atoms in total. The van der Waals surface area contributed by atoms with Crippen LogP contribution in [0.25, 0.3) is 0 Å². The van der Waals surface area contributed by atoms with Crippen LogP contribution in [0.15, 0.2) is 0 Å². The van der Waals surface area contributed by atoms with Crippen LogP contribution < -0.4 is 0 Å². The van der Waals surface area contributed by atoms with Gasteiger partial charge in [0.15, 0.2) is 25.2 Å². The van der Waals surface area contributed by atoms with Crippen molar-refractivity contribution in [2.24, 2.45) is 0 Å². The molecule has 4 fully saturated rings. The number of hydrogen-bond donors (Lipinski definition) is 14. The molecule has 0 aliphatic carbocycles. The Kier molecular flexibility index (Phi) is 12.8. The van der Waals surface area contributed by atoms with E-state index in [1.54, 1.807) is 0 Å². The third kappa shape index (κ3) is 7.44. The van der Waals surface area contributed by atoms with Gasteiger partial charge in [-0.3, -0.25) is 0 Å². The lowest BCUT2D eigenvalue weighted by Crippen LogP contribution is -2.68. The van der Waals surface area contributed by atoms with Crippen LogP contribution in [0.2, 0.25) is 0 Å². The first-order valence-corrected chi connectivity index (χ1v) is 14.1. The average molecular weight is 667 g/mol. The van der Waals surface area contributed by atoms with Crippen molar-refractivity contribution in [3.63, 3.8) is 0 Å². The minimum Gasteiger partial charge on any atom is -0.394 e. The predicted molar refractivity (Wildman–Crippen MR) is 134 cm³/mol. The van der Waals surface area contributed by atoms with Gasteiger partial charge in [-0.15, -0.1) is 0 Å². The van der Waals surface area contributed by atoms with Crippen LogP contribution in [0.4, 0.5) is 0 Å². The minimum absolute atomic E-state index is 0.791. The van der Waals surface area contributed by atoms with Crippen molar-refractivity contribution < 1.29 is 105 Å². The zero-order chi connectivity index (χ0) is 33.3. The van der Waals surface area contributed by atoms with Crippen LogP contribution in [0.3, 0.4) is 0 Å². The number of ether oxygens (including phenoxy) is 7. The molecule has 0 aromatic rings. The molecule has 0 aromatic carbocycles. The normalized spacial score (nSPS) is 52.9. The standard InChI is InChI=1S/C24H42O21/c25-1-5-10(30)14(34)18(21(38)39-5)43-23-20(16(36)12(32)7(3-27)41-23)45-24-19(15(35)11(31)8(4-28)42-24)44-22-17(37)13(33)9(29)6(2-26)40-22/h5-38H,1-4H2/t5-,6-,7-,8-,9-,10-,11-,12-,13+,14+,15+,16+,17+,18+,19+,20+,21?,22-,23-,24-/m1/s1. The highest BCUT2D eigenvalue weighted by Gasteiger charge is 2.55. The maximum atomic E-state index is 11.0. The highest BCUT2D eigenvalue weighted by atomic mass is 16.8. The molecule has 0 amide bonds. The van der Waals surface area contributed by atoms with Gasteiger partial charge in [0.25, 0.3) is 0 Å². The summed E-state index contributed by atoms with van der Waals surface area (Å²) >= 11 is 0. The van der Waals surface area contributed by atoms with Gasteiger partial charge in [-0.2, -0.15) is 0 Å². The topological polar surface area (TPSA) is 348 Å². The van der Waals surface area contributed by atoms with Gasteiger partial charge in [0.1, 0.15) is 97.7 Å². The van der Waals surface area contributed by atoms with Crippen molar-refractivity contribution in [3.05, 3.63) is 0 Å². The second-order valence-corrected chi connectivity index (χ2v) is 11.1. The molecule has 1 unspecified atom stereocenters. The summed E-state index contributed by atoms with van der Waals surface area (Å²) in [6.07, 6.45) is -36.6. The SMILES string of the molecule is OC[C@H]1O[C@H](O[C@@H]2[C@@H](O[C@@H]3[C@@H](O[C@@H]4C(O)O[C@H](CO)[C@@H](O)[C@@H]4O)O[C@H](CO)[C@@H](O)[C@@H]3O)O[C@H](CO)[C@@H](O)[C@@H]2O)[C@@H](O)[C@@H](O)[C@@H]1O. The van der Waals surface area contributed by atoms with E-state index in [1.807, 2.05) is 0 Å². The molecule has 4 aliphatic heterocycles. The van der Waals surface area contributed by atoms with E-state index in [4.69, 9.17) is 33.2 Å². The van der Waals surface area contributed by atoms with Crippen LogP contribution in [0, 0.1) is 0 Å². The largest absolute Gasteiger partial charge is 0.394 e. The third-order valence-electron chi connectivity index (χ3n) is 8.21. The van der Waals surface area contributed by atoms with Crippen LogP contribution in [0.5, 0.6) is 0 Å². The lowest BCUT2D eigenvalue weighted by molar-refractivity contribution is -0.405. The van der Waals surface area contributed by atoms with E-state index >= 15 is 0 Å². The summed E-state index contributed by atoms with van der Waals surface area (Å²) in [4.78, 5) is 0. The summed E-state index contributed by atoms with van der Waals surface area (Å²) in [6.45, 7) is -3.41. The van der Waals surface area contributed by atoms with Crippen LogP contribution >= 0.6 is 0 Å². The van der Waals surface area contributed by atoms with Crippen molar-refractivity contribution in [1.29, 1.82) is 0 Å². The Hall–Kier alpha value is -0.840. The molecule has 20 atom stereocenters. The van der Waals surface area contributed by atoms with E-state index in [9.17, 15) is 71.5 Å². The van der Waals surface area contributed by atoms with E-state index < -0.39 is 149 Å². The molecule has 4 aliphatic rings. The summed E-state index contributed by atoms with van der Waals surface area (Å²) in [5.41, 5.74) is 0. The monoisotopic (exact) mass is 666 g/mol. The maximum absolute atomic E-state index is 11.0. The predicted octanol–water partition coefficient (Wildman–Crippen LogP) is -9.75. The van der Waals surface area contributed by atoms with E-state index in [0.717, 1.165) is 0 Å². The van der Waals surface area contributed by atoms with Gasteiger partial charge in [-0.25, -0.2) is 0 Å². The first kappa shape index (κ1) is 37.0. The van der Waals surface area contributed by atoms with E-state index in [2.05, 4.69) is 0 Å². The summed E-state index contributed by atoms with van der Waals surface area (Å²) in [6, 6.07) is 0. The molecular formula is C24H42O21. The highest BCUT2D eigenvalue weighted by molar-refractivity contribution is 4.97. The summed E-state index contributed by atoms with van der Waals surface area (Å²) in [5.74, 6) is 0. The fraction of sp³-hybridized carbons (Fsp3) is 1.00. The summed E-state index contributed by atoms with van der Waals surface area (Å²) in [5, 5.41) is 143. The second kappa shape index (κ2) is 15.6. The summed E-state index contributed by atoms with van der Waals surface area (Å²) in [7, 11) is 0. The Labute approximate surface area is 254 Å². The number of rotatable bonds is 10. The van der Waals surface area contributed by atoms with Crippen molar-refractivity contribution in [2.45, 2.75) is 123 Å². The zero-order valence-corrected chi connectivity index (χ0v) is 23.5. The smallest absolute Gasteiger partial charge is 0.187 e. The number of aliphatic hydroxyl groups excluding tert-OH is 14. The zero-order valence-electron chi connectivity index (χ0n) is 23.5. The van der Waals surface area contributed by atoms with Gasteiger partial charge in [-0.1, -0.05) is 0 Å². The van der Waals surface area contributed by atoms with Crippen LogP contribution in [-0.2, 0) is 33.2 Å². The molecule has 45 heavy (non-hydrogen) atoms. The van der Waals surface area contributed by atoms with Crippen LogP contribution in [-0.4, -0.2) is 221 Å². The Bertz CT molecular complexity index is 916. The van der Waals surface area contributed by atoms with Gasteiger partial charge < -0.3 is 105 Å². The molecule has 4 saturated heterocycles. The fourth-order valence-corrected chi connectivity index (χ4v) is 5.48. The fourth-order valence-electron chi connectivity index (χ4n) is 5.48. The molecule has 4 heterocycles. The van der Waals surface area contributed by atoms with Crippen molar-refractivity contribution in [1.82, 2.24) is 0 Å². The summed E-state index contributed by atoms with van der Waals surface area (Å²) < 4.78 is 38.3. The molecular weight excluding hydrogens is 624 g/mol. The number of aliphatic hydroxyl groups is 14. The Morgan fingerprint density at radius 3 is 1.07 bits per heavy atom. The Morgan fingerprint density at radius 2 is 0.644 bits per heavy atom. The van der Waals surface area contributed by atoms with E-state index in [1.165, 1.54) is 0 Å². The molecule has 0 bridgehead atoms. The molecule has 0 aromatic heterocycles. The molecule has 4 rings (SSSR count). The number of hydrogen-bond acceptors (Lipinski definition) is 21. The quantitative estimate of drug-likeness (QED) is 0.103. The first-order chi connectivity index (χ1) is 21.3. The maximum Gasteiger partial charge on any atom is 0.187 e. The van der Waals surface area contributed by atoms with E-state index in [0.29, 0.717) is 0 Å². The van der Waals surface area contributed by atoms with Gasteiger partial charge in [0.2, 0.25) is 0 Å². The third-order valence-corrected chi connectivity index (χ3v) is 8.21. The highest BCUT2D eigenvalue weighted by Crippen LogP contribution is 2.34. The molecule has 0 spiro atoms. The lowest BCUT2D eigenvalue weighted by atomic mass is 9.96. The molecule has 0 radical (unpaired) electrons. The lowest BCUT2D eigenvalue weighted by Gasteiger charge is -2.49. The average Bonchev–Trinajstić information content (AvgIpc) is 3.03. The molecule has 21 heteroatoms. The Morgan fingerprint density at radius 1 is 0.333 bits per heavy atom. The molecule has 14 N–H and O–H groups in total. The van der Waals surface area contributed by atoms with Crippen molar-refractivity contribution in [2.75, 3.05) is 26.4 Å². The first-order valence-electron chi connectivity index (χ1n) is 14.1. The Balaban J connectivity index is 1.61. The van der Waals surface area contributed by atoms with Gasteiger partial charge >= 0.3 is 0 Å². The van der Waals surface area contributed by atoms with Crippen LogP contribution in [0.1, 0.15) is 0 Å². The molecule has 0 saturated carbocycles. The van der Waals surface area contributed by atoms with Gasteiger partial charge in [0.05, 0.1) is 26.4 Å². The molecule has 264 valence electrons. The van der Waals surface area contributed by atoms with Crippen molar-refractivity contribution in [3.8, 4) is 0 Å². The second-order valence-electron chi connectivity index (χ2n) is 11.1.